The third kappa shape index (κ3) is 1.19. The topological polar surface area (TPSA) is 60.8 Å². The summed E-state index contributed by atoms with van der Waals surface area (Å²) in [4.78, 5) is 0. The number of fused-ring (bicyclic) bond motifs is 2. The van der Waals surface area contributed by atoms with Gasteiger partial charge < -0.3 is 4.74 Å². The zero-order valence-electron chi connectivity index (χ0n) is 6.62. The molecule has 11 heavy (non-hydrogen) atoms. The van der Waals surface area contributed by atoms with E-state index in [0.717, 1.165) is 11.8 Å². The van der Waals surface area contributed by atoms with Gasteiger partial charge in [0.15, 0.2) is 0 Å². The van der Waals surface area contributed by atoms with Crippen LogP contribution in [0.25, 0.3) is 0 Å². The SMILES string of the molecule is NC(=[NH2+])O[C@H]1C[C@@H]2CC[C@H]1C2. The molecule has 0 radical (unpaired) electrons. The molecule has 0 unspecified atom stereocenters. The first-order valence-corrected chi connectivity index (χ1v) is 4.30. The second-order valence-electron chi connectivity index (χ2n) is 3.73. The summed E-state index contributed by atoms with van der Waals surface area (Å²) >= 11 is 0. The van der Waals surface area contributed by atoms with Gasteiger partial charge in [-0.2, -0.15) is 0 Å². The molecule has 2 aliphatic rings. The van der Waals surface area contributed by atoms with Gasteiger partial charge in [0.1, 0.15) is 6.10 Å². The van der Waals surface area contributed by atoms with Crippen LogP contribution in [0.2, 0.25) is 0 Å². The van der Waals surface area contributed by atoms with Gasteiger partial charge in [0.2, 0.25) is 0 Å². The van der Waals surface area contributed by atoms with E-state index in [1.807, 2.05) is 0 Å². The molecule has 2 bridgehead atoms. The Balaban J connectivity index is 1.92. The van der Waals surface area contributed by atoms with E-state index in [1.54, 1.807) is 0 Å². The van der Waals surface area contributed by atoms with Crippen molar-refractivity contribution in [3.05, 3.63) is 0 Å². The molecule has 2 rings (SSSR count). The van der Waals surface area contributed by atoms with Crippen LogP contribution < -0.4 is 11.1 Å². The normalized spacial score (nSPS) is 40.9. The van der Waals surface area contributed by atoms with Crippen LogP contribution >= 0.6 is 0 Å². The first kappa shape index (κ1) is 6.95. The molecule has 3 nitrogen and oxygen atoms in total. The van der Waals surface area contributed by atoms with Gasteiger partial charge in [0, 0.05) is 0 Å². The number of hydrogen-bond donors (Lipinski definition) is 2. The van der Waals surface area contributed by atoms with Crippen LogP contribution in [0.1, 0.15) is 25.7 Å². The Bertz CT molecular complexity index is 181. The minimum atomic E-state index is 0.141. The minimum absolute atomic E-state index is 0.141. The molecule has 0 saturated heterocycles. The van der Waals surface area contributed by atoms with Crippen molar-refractivity contribution in [2.75, 3.05) is 0 Å². The maximum atomic E-state index is 5.32. The summed E-state index contributed by atoms with van der Waals surface area (Å²) in [5.41, 5.74) is 5.28. The highest BCUT2D eigenvalue weighted by Gasteiger charge is 2.41. The van der Waals surface area contributed by atoms with Gasteiger partial charge >= 0.3 is 6.02 Å². The van der Waals surface area contributed by atoms with E-state index >= 15 is 0 Å². The van der Waals surface area contributed by atoms with Crippen molar-refractivity contribution >= 4 is 6.02 Å². The van der Waals surface area contributed by atoms with Crippen molar-refractivity contribution in [1.29, 1.82) is 0 Å². The van der Waals surface area contributed by atoms with E-state index in [0.29, 0.717) is 6.10 Å². The van der Waals surface area contributed by atoms with Crippen LogP contribution in [0.15, 0.2) is 0 Å². The predicted molar refractivity (Wildman–Crippen MR) is 41.4 cm³/mol. The maximum Gasteiger partial charge on any atom is 0.437 e. The summed E-state index contributed by atoms with van der Waals surface area (Å²) in [5, 5.41) is 5.28. The van der Waals surface area contributed by atoms with Crippen molar-refractivity contribution in [2.45, 2.75) is 31.8 Å². The fourth-order valence-electron chi connectivity index (χ4n) is 2.51. The second-order valence-corrected chi connectivity index (χ2v) is 3.73. The minimum Gasteiger partial charge on any atom is -0.428 e. The lowest BCUT2D eigenvalue weighted by atomic mass is 9.98. The molecular weight excluding hydrogens is 140 g/mol. The third-order valence-corrected chi connectivity index (χ3v) is 2.96. The lowest BCUT2D eigenvalue weighted by molar-refractivity contribution is -0.150. The molecule has 4 N–H and O–H groups in total. The molecule has 2 aliphatic carbocycles. The summed E-state index contributed by atoms with van der Waals surface area (Å²) in [5.74, 6) is 1.63. The Kier molecular flexibility index (Phi) is 1.51. The van der Waals surface area contributed by atoms with E-state index in [2.05, 4.69) is 0 Å². The van der Waals surface area contributed by atoms with Crippen LogP contribution in [0.3, 0.4) is 0 Å². The van der Waals surface area contributed by atoms with Crippen molar-refractivity contribution in [2.24, 2.45) is 17.6 Å². The molecule has 3 heteroatoms. The summed E-state index contributed by atoms with van der Waals surface area (Å²) in [7, 11) is 0. The summed E-state index contributed by atoms with van der Waals surface area (Å²) < 4.78 is 5.32. The van der Waals surface area contributed by atoms with Gasteiger partial charge in [-0.25, -0.2) is 0 Å². The molecule has 62 valence electrons. The summed E-state index contributed by atoms with van der Waals surface area (Å²) in [6.07, 6.45) is 5.52. The van der Waals surface area contributed by atoms with Crippen LogP contribution in [-0.4, -0.2) is 12.1 Å². The smallest absolute Gasteiger partial charge is 0.428 e. The zero-order chi connectivity index (χ0) is 7.84. The quantitative estimate of drug-likeness (QED) is 0.387. The highest BCUT2D eigenvalue weighted by Crippen LogP contribution is 2.45. The molecule has 0 heterocycles. The number of amidine groups is 1. The third-order valence-electron chi connectivity index (χ3n) is 2.96. The Morgan fingerprint density at radius 1 is 1.36 bits per heavy atom. The lowest BCUT2D eigenvalue weighted by Crippen LogP contribution is -2.49. The van der Waals surface area contributed by atoms with Gasteiger partial charge in [-0.05, 0) is 37.5 Å². The number of nitrogens with two attached hydrogens (primary N) is 2. The zero-order valence-corrected chi connectivity index (χ0v) is 6.62. The molecule has 0 aliphatic heterocycles. The summed E-state index contributed by atoms with van der Waals surface area (Å²) in [6.45, 7) is 0. The molecule has 0 aromatic heterocycles. The van der Waals surface area contributed by atoms with Crippen LogP contribution in [-0.2, 0) is 4.74 Å². The van der Waals surface area contributed by atoms with Gasteiger partial charge in [0.25, 0.3) is 0 Å². The molecule has 0 aromatic rings. The molecule has 2 saturated carbocycles. The monoisotopic (exact) mass is 155 g/mol. The number of ether oxygens (including phenoxy) is 1. The Hall–Kier alpha value is -0.730. The van der Waals surface area contributed by atoms with Gasteiger partial charge in [-0.1, -0.05) is 0 Å². The average Bonchev–Trinajstić information content (AvgIpc) is 2.45. The van der Waals surface area contributed by atoms with E-state index in [1.165, 1.54) is 25.7 Å². The predicted octanol–water partition coefficient (Wildman–Crippen LogP) is -0.735. The van der Waals surface area contributed by atoms with Gasteiger partial charge in [-0.15, -0.1) is 0 Å². The largest absolute Gasteiger partial charge is 0.437 e. The molecule has 3 atom stereocenters. The van der Waals surface area contributed by atoms with E-state index in [-0.39, 0.29) is 6.02 Å². The fraction of sp³-hybridized carbons (Fsp3) is 0.875. The molecule has 0 aromatic carbocycles. The first-order chi connectivity index (χ1) is 5.25. The standard InChI is InChI=1S/C8H14N2O/c9-8(10)11-7-4-5-1-2-6(7)3-5/h5-7H,1-4H2,(H3,9,10)/p+1/t5-,6+,7+/m1/s1. The van der Waals surface area contributed by atoms with Gasteiger partial charge in [0.05, 0.1) is 0 Å². The molecule has 0 amide bonds. The van der Waals surface area contributed by atoms with Crippen LogP contribution in [0.4, 0.5) is 0 Å². The van der Waals surface area contributed by atoms with Gasteiger partial charge in [-0.3, -0.25) is 11.1 Å². The molecule has 2 fully saturated rings. The lowest BCUT2D eigenvalue weighted by Gasteiger charge is -2.19. The molecule has 0 spiro atoms. The second kappa shape index (κ2) is 2.40. The van der Waals surface area contributed by atoms with Crippen molar-refractivity contribution in [3.63, 3.8) is 0 Å². The molecular formula is C8H15N2O+. The highest BCUT2D eigenvalue weighted by atomic mass is 16.5. The summed E-state index contributed by atoms with van der Waals surface area (Å²) in [6, 6.07) is 0.141. The Morgan fingerprint density at radius 3 is 2.64 bits per heavy atom. The van der Waals surface area contributed by atoms with Crippen molar-refractivity contribution in [3.8, 4) is 0 Å². The Morgan fingerprint density at radius 2 is 2.18 bits per heavy atom. The fourth-order valence-corrected chi connectivity index (χ4v) is 2.51. The van der Waals surface area contributed by atoms with E-state index in [4.69, 9.17) is 15.9 Å². The van der Waals surface area contributed by atoms with Crippen molar-refractivity contribution < 1.29 is 10.1 Å². The first-order valence-electron chi connectivity index (χ1n) is 4.30. The van der Waals surface area contributed by atoms with E-state index < -0.39 is 0 Å². The average molecular weight is 155 g/mol. The van der Waals surface area contributed by atoms with Crippen LogP contribution in [0, 0.1) is 11.8 Å². The van der Waals surface area contributed by atoms with E-state index in [9.17, 15) is 0 Å². The highest BCUT2D eigenvalue weighted by molar-refractivity contribution is 5.64. The van der Waals surface area contributed by atoms with Crippen molar-refractivity contribution in [1.82, 2.24) is 0 Å². The Labute approximate surface area is 66.4 Å². The maximum absolute atomic E-state index is 5.32. The number of rotatable bonds is 1. The van der Waals surface area contributed by atoms with Crippen LogP contribution in [0.5, 0.6) is 0 Å². The number of hydrogen-bond acceptors (Lipinski definition) is 1.